The van der Waals surface area contributed by atoms with Gasteiger partial charge in [-0.1, -0.05) is 18.2 Å². The van der Waals surface area contributed by atoms with Crippen molar-refractivity contribution in [2.75, 3.05) is 0 Å². The molecule has 0 bridgehead atoms. The summed E-state index contributed by atoms with van der Waals surface area (Å²) < 4.78 is 2.72. The molecule has 1 aromatic heterocycles. The molecule has 0 saturated carbocycles. The van der Waals surface area contributed by atoms with Gasteiger partial charge in [0.1, 0.15) is 0 Å². The van der Waals surface area contributed by atoms with Crippen LogP contribution < -0.4 is 5.56 Å². The van der Waals surface area contributed by atoms with E-state index < -0.39 is 0 Å². The van der Waals surface area contributed by atoms with Crippen LogP contribution in [0.25, 0.3) is 0 Å². The highest BCUT2D eigenvalue weighted by atomic mass is 79.9. The molecule has 0 saturated heterocycles. The lowest BCUT2D eigenvalue weighted by molar-refractivity contribution is 0.748. The number of aromatic nitrogens is 1. The number of rotatable bonds is 2. The van der Waals surface area contributed by atoms with Gasteiger partial charge in [-0.3, -0.25) is 4.79 Å². The molecule has 0 unspecified atom stereocenters. The molecule has 1 aromatic carbocycles. The lowest BCUT2D eigenvalue weighted by Gasteiger charge is -2.09. The molecule has 0 aliphatic heterocycles. The third-order valence-electron chi connectivity index (χ3n) is 3.75. The number of benzene rings is 1. The molecule has 3 rings (SSSR count). The number of aryl methyl sites for hydroxylation is 3. The van der Waals surface area contributed by atoms with Crippen LogP contribution in [0.1, 0.15) is 28.7 Å². The van der Waals surface area contributed by atoms with Gasteiger partial charge in [-0.15, -0.1) is 0 Å². The van der Waals surface area contributed by atoms with Gasteiger partial charge in [-0.05, 0) is 64.9 Å². The van der Waals surface area contributed by atoms with Crippen molar-refractivity contribution < 1.29 is 0 Å². The molecule has 1 heterocycles. The predicted molar refractivity (Wildman–Crippen MR) is 80.7 cm³/mol. The van der Waals surface area contributed by atoms with Gasteiger partial charge in [-0.25, -0.2) is 0 Å². The minimum absolute atomic E-state index is 0.0868. The Labute approximate surface area is 121 Å². The van der Waals surface area contributed by atoms with Crippen LogP contribution in [-0.4, -0.2) is 4.57 Å². The van der Waals surface area contributed by atoms with E-state index in [0.717, 1.165) is 10.0 Å². The van der Waals surface area contributed by atoms with Crippen LogP contribution in [-0.2, 0) is 19.4 Å². The van der Waals surface area contributed by atoms with Crippen molar-refractivity contribution in [3.05, 3.63) is 67.5 Å². The van der Waals surface area contributed by atoms with E-state index in [1.54, 1.807) is 4.57 Å². The number of fused-ring (bicyclic) bond motifs is 1. The Bertz CT molecular complexity index is 688. The van der Waals surface area contributed by atoms with Crippen LogP contribution in [0.2, 0.25) is 0 Å². The van der Waals surface area contributed by atoms with Crippen molar-refractivity contribution in [1.82, 2.24) is 4.57 Å². The van der Waals surface area contributed by atoms with E-state index in [4.69, 9.17) is 0 Å². The van der Waals surface area contributed by atoms with Gasteiger partial charge in [0, 0.05) is 16.2 Å². The fraction of sp³-hybridized carbons (Fsp3) is 0.312. The Balaban J connectivity index is 1.96. The van der Waals surface area contributed by atoms with Crippen molar-refractivity contribution >= 4 is 15.9 Å². The maximum atomic E-state index is 12.1. The lowest BCUT2D eigenvalue weighted by atomic mass is 10.1. The standard InChI is InChI=1S/C16H16BrNO/c1-11-7-15(17)10-18(16(11)19)9-12-5-6-13-3-2-4-14(13)8-12/h5-8,10H,2-4,9H2,1H3. The first-order valence-corrected chi connectivity index (χ1v) is 7.40. The van der Waals surface area contributed by atoms with Crippen molar-refractivity contribution in [1.29, 1.82) is 0 Å². The average Bonchev–Trinajstić information content (AvgIpc) is 2.82. The van der Waals surface area contributed by atoms with Crippen molar-refractivity contribution in [3.63, 3.8) is 0 Å². The largest absolute Gasteiger partial charge is 0.310 e. The van der Waals surface area contributed by atoms with E-state index in [9.17, 15) is 4.79 Å². The zero-order valence-corrected chi connectivity index (χ0v) is 12.5. The second-order valence-corrected chi connectivity index (χ2v) is 6.15. The summed E-state index contributed by atoms with van der Waals surface area (Å²) in [5.74, 6) is 0. The number of hydrogen-bond donors (Lipinski definition) is 0. The van der Waals surface area contributed by atoms with E-state index >= 15 is 0 Å². The zero-order valence-electron chi connectivity index (χ0n) is 10.9. The molecule has 98 valence electrons. The van der Waals surface area contributed by atoms with E-state index in [1.165, 1.54) is 36.0 Å². The average molecular weight is 318 g/mol. The summed E-state index contributed by atoms with van der Waals surface area (Å²) in [5, 5.41) is 0. The first-order chi connectivity index (χ1) is 9.13. The molecule has 1 aliphatic rings. The van der Waals surface area contributed by atoms with Crippen molar-refractivity contribution in [3.8, 4) is 0 Å². The highest BCUT2D eigenvalue weighted by Gasteiger charge is 2.11. The fourth-order valence-corrected chi connectivity index (χ4v) is 3.37. The summed E-state index contributed by atoms with van der Waals surface area (Å²) in [6, 6.07) is 8.48. The molecule has 2 nitrogen and oxygen atoms in total. The van der Waals surface area contributed by atoms with Crippen LogP contribution in [0.4, 0.5) is 0 Å². The van der Waals surface area contributed by atoms with E-state index in [0.29, 0.717) is 6.54 Å². The number of pyridine rings is 1. The second kappa shape index (κ2) is 4.97. The number of hydrogen-bond acceptors (Lipinski definition) is 1. The van der Waals surface area contributed by atoms with Crippen LogP contribution in [0.3, 0.4) is 0 Å². The smallest absolute Gasteiger partial charge is 0.253 e. The summed E-state index contributed by atoms with van der Waals surface area (Å²) >= 11 is 3.45. The maximum Gasteiger partial charge on any atom is 0.253 e. The van der Waals surface area contributed by atoms with Gasteiger partial charge in [0.05, 0.1) is 6.54 Å². The summed E-state index contributed by atoms with van der Waals surface area (Å²) in [7, 11) is 0. The number of halogens is 1. The summed E-state index contributed by atoms with van der Waals surface area (Å²) in [6.45, 7) is 2.50. The molecule has 0 N–H and O–H groups in total. The molecular weight excluding hydrogens is 302 g/mol. The summed E-state index contributed by atoms with van der Waals surface area (Å²) in [6.07, 6.45) is 5.50. The molecule has 0 radical (unpaired) electrons. The minimum Gasteiger partial charge on any atom is -0.310 e. The topological polar surface area (TPSA) is 22.0 Å². The SMILES string of the molecule is Cc1cc(Br)cn(Cc2ccc3c(c2)CCC3)c1=O. The fourth-order valence-electron chi connectivity index (χ4n) is 2.78. The molecule has 19 heavy (non-hydrogen) atoms. The van der Waals surface area contributed by atoms with Crippen molar-refractivity contribution in [2.45, 2.75) is 32.7 Å². The van der Waals surface area contributed by atoms with Crippen LogP contribution >= 0.6 is 15.9 Å². The Morgan fingerprint density at radius 1 is 1.21 bits per heavy atom. The molecule has 0 amide bonds. The first-order valence-electron chi connectivity index (χ1n) is 6.61. The van der Waals surface area contributed by atoms with Crippen LogP contribution in [0, 0.1) is 6.92 Å². The molecule has 0 atom stereocenters. The lowest BCUT2D eigenvalue weighted by Crippen LogP contribution is -2.22. The monoisotopic (exact) mass is 317 g/mol. The second-order valence-electron chi connectivity index (χ2n) is 5.23. The Morgan fingerprint density at radius 2 is 2.00 bits per heavy atom. The van der Waals surface area contributed by atoms with Gasteiger partial charge in [0.15, 0.2) is 0 Å². The highest BCUT2D eigenvalue weighted by Crippen LogP contribution is 2.23. The van der Waals surface area contributed by atoms with Gasteiger partial charge < -0.3 is 4.57 Å². The quantitative estimate of drug-likeness (QED) is 0.831. The van der Waals surface area contributed by atoms with Gasteiger partial charge in [0.25, 0.3) is 5.56 Å². The third-order valence-corrected chi connectivity index (χ3v) is 4.18. The minimum atomic E-state index is 0.0868. The molecule has 0 fully saturated rings. The molecule has 3 heteroatoms. The van der Waals surface area contributed by atoms with E-state index in [1.807, 2.05) is 19.2 Å². The molecular formula is C16H16BrNO. The number of nitrogens with zero attached hydrogens (tertiary/aromatic N) is 1. The highest BCUT2D eigenvalue weighted by molar-refractivity contribution is 9.10. The van der Waals surface area contributed by atoms with E-state index in [-0.39, 0.29) is 5.56 Å². The Morgan fingerprint density at radius 3 is 2.84 bits per heavy atom. The van der Waals surface area contributed by atoms with E-state index in [2.05, 4.69) is 34.1 Å². The predicted octanol–water partition coefficient (Wildman–Crippen LogP) is 3.46. The maximum absolute atomic E-state index is 12.1. The Hall–Kier alpha value is -1.35. The van der Waals surface area contributed by atoms with Crippen LogP contribution in [0.5, 0.6) is 0 Å². The third kappa shape index (κ3) is 2.52. The molecule has 2 aromatic rings. The van der Waals surface area contributed by atoms with Crippen molar-refractivity contribution in [2.24, 2.45) is 0 Å². The summed E-state index contributed by atoms with van der Waals surface area (Å²) in [5.41, 5.74) is 5.00. The van der Waals surface area contributed by atoms with Gasteiger partial charge >= 0.3 is 0 Å². The molecule has 1 aliphatic carbocycles. The normalized spacial score (nSPS) is 13.6. The van der Waals surface area contributed by atoms with Gasteiger partial charge in [0.2, 0.25) is 0 Å². The first kappa shape index (κ1) is 12.7. The Kier molecular flexibility index (Phi) is 3.31. The summed E-state index contributed by atoms with van der Waals surface area (Å²) in [4.78, 5) is 12.1. The molecule has 0 spiro atoms. The van der Waals surface area contributed by atoms with Gasteiger partial charge in [-0.2, -0.15) is 0 Å². The zero-order chi connectivity index (χ0) is 13.4. The van der Waals surface area contributed by atoms with Crippen LogP contribution in [0.15, 0.2) is 39.7 Å².